The monoisotopic (exact) mass is 461 g/mol. The van der Waals surface area contributed by atoms with Crippen LogP contribution in [-0.4, -0.2) is 29.8 Å². The molecule has 4 aromatic rings. The van der Waals surface area contributed by atoms with Crippen molar-refractivity contribution in [2.45, 2.75) is 30.4 Å². The van der Waals surface area contributed by atoms with Crippen LogP contribution in [0.2, 0.25) is 0 Å². The maximum atomic E-state index is 12.4. The average Bonchev–Trinajstić information content (AvgIpc) is 3.28. The van der Waals surface area contributed by atoms with Gasteiger partial charge >= 0.3 is 6.01 Å². The molecule has 0 radical (unpaired) electrons. The summed E-state index contributed by atoms with van der Waals surface area (Å²) in [6.07, 6.45) is 0.148. The molecule has 4 rings (SSSR count). The number of hydrogen-bond donors (Lipinski definition) is 1. The Morgan fingerprint density at radius 2 is 1.55 bits per heavy atom. The normalized spacial score (nSPS) is 11.5. The molecule has 1 aromatic heterocycles. The minimum absolute atomic E-state index is 0.0481. The molecule has 0 aliphatic carbocycles. The van der Waals surface area contributed by atoms with Crippen molar-refractivity contribution in [2.75, 3.05) is 5.32 Å². The van der Waals surface area contributed by atoms with Gasteiger partial charge in [-0.1, -0.05) is 65.8 Å². The third kappa shape index (κ3) is 5.18. The highest BCUT2D eigenvalue weighted by atomic mass is 32.2. The van der Waals surface area contributed by atoms with Crippen molar-refractivity contribution >= 4 is 21.8 Å². The van der Waals surface area contributed by atoms with Gasteiger partial charge < -0.3 is 4.42 Å². The molecule has 0 saturated heterocycles. The fraction of sp³-hybridized carbons (Fsp3) is 0.160. The summed E-state index contributed by atoms with van der Waals surface area (Å²) in [7, 11) is -3.43. The number of carbonyl (C=O) groups is 1. The molecule has 0 spiro atoms. The lowest BCUT2D eigenvalue weighted by atomic mass is 10.0. The van der Waals surface area contributed by atoms with E-state index in [2.05, 4.69) is 15.5 Å². The highest BCUT2D eigenvalue weighted by molar-refractivity contribution is 7.92. The molecule has 3 aromatic carbocycles. The van der Waals surface area contributed by atoms with Crippen molar-refractivity contribution in [1.82, 2.24) is 10.2 Å². The van der Waals surface area contributed by atoms with E-state index >= 15 is 0 Å². The van der Waals surface area contributed by atoms with E-state index in [1.54, 1.807) is 26.0 Å². The van der Waals surface area contributed by atoms with E-state index in [9.17, 15) is 13.2 Å². The van der Waals surface area contributed by atoms with Gasteiger partial charge in [0.15, 0.2) is 9.84 Å². The number of aromatic nitrogens is 2. The number of rotatable bonds is 7. The van der Waals surface area contributed by atoms with Crippen LogP contribution in [0.3, 0.4) is 0 Å². The molecule has 0 saturated carbocycles. The Morgan fingerprint density at radius 3 is 2.24 bits per heavy atom. The summed E-state index contributed by atoms with van der Waals surface area (Å²) in [5.74, 6) is -0.174. The van der Waals surface area contributed by atoms with Crippen molar-refractivity contribution in [1.29, 1.82) is 0 Å². The largest absolute Gasteiger partial charge is 0.403 e. The maximum Gasteiger partial charge on any atom is 0.322 e. The highest BCUT2D eigenvalue weighted by Gasteiger charge is 2.20. The van der Waals surface area contributed by atoms with Crippen molar-refractivity contribution < 1.29 is 17.6 Å². The van der Waals surface area contributed by atoms with Crippen LogP contribution in [0.5, 0.6) is 0 Å². The second-order valence-electron chi connectivity index (χ2n) is 7.82. The zero-order valence-electron chi connectivity index (χ0n) is 18.2. The van der Waals surface area contributed by atoms with E-state index in [1.165, 1.54) is 12.1 Å². The number of nitrogens with one attached hydrogen (secondary N) is 1. The molecule has 0 aliphatic heterocycles. The van der Waals surface area contributed by atoms with Crippen molar-refractivity contribution in [3.8, 4) is 22.6 Å². The number of hydrogen-bond acceptors (Lipinski definition) is 6. The Bertz CT molecular complexity index is 1360. The van der Waals surface area contributed by atoms with Gasteiger partial charge in [0.05, 0.1) is 16.6 Å². The van der Waals surface area contributed by atoms with Gasteiger partial charge in [0.1, 0.15) is 0 Å². The molecular formula is C25H23N3O4S. The zero-order valence-corrected chi connectivity index (χ0v) is 19.0. The van der Waals surface area contributed by atoms with Gasteiger partial charge in [0.2, 0.25) is 11.8 Å². The van der Waals surface area contributed by atoms with E-state index in [4.69, 9.17) is 4.42 Å². The molecule has 1 amide bonds. The number of amides is 1. The molecular weight excluding hydrogens is 438 g/mol. The molecule has 0 fully saturated rings. The van der Waals surface area contributed by atoms with E-state index < -0.39 is 15.1 Å². The van der Waals surface area contributed by atoms with Crippen LogP contribution >= 0.6 is 0 Å². The molecule has 0 unspecified atom stereocenters. The van der Waals surface area contributed by atoms with E-state index in [-0.39, 0.29) is 29.1 Å². The smallest absolute Gasteiger partial charge is 0.322 e. The molecule has 33 heavy (non-hydrogen) atoms. The van der Waals surface area contributed by atoms with Crippen molar-refractivity contribution in [3.63, 3.8) is 0 Å². The summed E-state index contributed by atoms with van der Waals surface area (Å²) in [4.78, 5) is 12.6. The molecule has 0 bridgehead atoms. The lowest BCUT2D eigenvalue weighted by Crippen LogP contribution is -2.14. The number of benzene rings is 3. The molecule has 7 nitrogen and oxygen atoms in total. The number of nitrogens with zero attached hydrogens (tertiary/aromatic N) is 2. The van der Waals surface area contributed by atoms with Gasteiger partial charge in [-0.15, -0.1) is 5.10 Å². The van der Waals surface area contributed by atoms with Crippen LogP contribution in [0.25, 0.3) is 22.6 Å². The number of carbonyl (C=O) groups excluding carboxylic acids is 1. The Labute approximate surface area is 192 Å². The quantitative estimate of drug-likeness (QED) is 0.425. The first kappa shape index (κ1) is 22.4. The van der Waals surface area contributed by atoms with Crippen molar-refractivity contribution in [2.24, 2.45) is 0 Å². The summed E-state index contributed by atoms with van der Waals surface area (Å²) in [5.41, 5.74) is 3.49. The van der Waals surface area contributed by atoms with E-state index in [0.717, 1.165) is 16.7 Å². The fourth-order valence-electron chi connectivity index (χ4n) is 3.26. The van der Waals surface area contributed by atoms with E-state index in [0.29, 0.717) is 5.56 Å². The van der Waals surface area contributed by atoms with Crippen LogP contribution in [-0.2, 0) is 21.1 Å². The summed E-state index contributed by atoms with van der Waals surface area (Å²) in [6, 6.07) is 24.0. The average molecular weight is 462 g/mol. The van der Waals surface area contributed by atoms with Crippen molar-refractivity contribution in [3.05, 3.63) is 84.4 Å². The second kappa shape index (κ2) is 9.38. The molecule has 0 aliphatic rings. The predicted octanol–water partition coefficient (Wildman–Crippen LogP) is 4.77. The Morgan fingerprint density at radius 1 is 0.879 bits per heavy atom. The first-order chi connectivity index (χ1) is 15.8. The second-order valence-corrected chi connectivity index (χ2v) is 10.3. The third-order valence-corrected chi connectivity index (χ3v) is 7.28. The zero-order chi connectivity index (χ0) is 23.4. The molecule has 168 valence electrons. The summed E-state index contributed by atoms with van der Waals surface area (Å²) in [5, 5.41) is 9.83. The Balaban J connectivity index is 1.42. The van der Waals surface area contributed by atoms with Gasteiger partial charge in [-0.05, 0) is 48.7 Å². The lowest BCUT2D eigenvalue weighted by Gasteiger charge is -2.08. The standard InChI is InChI=1S/C25H23N3O4S/c1-17(2)33(30,31)22-10-6-9-21(16-22)24-27-28-25(32-24)26-23(29)15-18-11-13-20(14-12-18)19-7-4-3-5-8-19/h3-14,16-17H,15H2,1-2H3,(H,26,28,29). The van der Waals surface area contributed by atoms with Gasteiger partial charge in [0, 0.05) is 5.56 Å². The molecule has 1 heterocycles. The van der Waals surface area contributed by atoms with Crippen LogP contribution < -0.4 is 5.32 Å². The first-order valence-electron chi connectivity index (χ1n) is 10.4. The summed E-state index contributed by atoms with van der Waals surface area (Å²) in [6.45, 7) is 3.25. The van der Waals surface area contributed by atoms with Crippen LogP contribution in [0.4, 0.5) is 6.01 Å². The number of anilines is 1. The highest BCUT2D eigenvalue weighted by Crippen LogP contribution is 2.25. The first-order valence-corrected chi connectivity index (χ1v) is 12.0. The molecule has 1 N–H and O–H groups in total. The van der Waals surface area contributed by atoms with Gasteiger partial charge in [0.25, 0.3) is 0 Å². The van der Waals surface area contributed by atoms with Gasteiger partial charge in [-0.2, -0.15) is 0 Å². The summed E-state index contributed by atoms with van der Waals surface area (Å²) < 4.78 is 30.4. The summed E-state index contributed by atoms with van der Waals surface area (Å²) >= 11 is 0. The van der Waals surface area contributed by atoms with Crippen LogP contribution in [0.15, 0.2) is 88.2 Å². The van der Waals surface area contributed by atoms with Gasteiger partial charge in [-0.3, -0.25) is 10.1 Å². The van der Waals surface area contributed by atoms with Crippen LogP contribution in [0, 0.1) is 0 Å². The van der Waals surface area contributed by atoms with E-state index in [1.807, 2.05) is 54.6 Å². The Hall–Kier alpha value is -3.78. The molecule has 0 atom stereocenters. The predicted molar refractivity (Wildman–Crippen MR) is 126 cm³/mol. The SMILES string of the molecule is CC(C)S(=O)(=O)c1cccc(-c2nnc(NC(=O)Cc3ccc(-c4ccccc4)cc3)o2)c1. The third-order valence-electron chi connectivity index (χ3n) is 5.13. The molecule has 8 heteroatoms. The lowest BCUT2D eigenvalue weighted by molar-refractivity contribution is -0.115. The maximum absolute atomic E-state index is 12.4. The Kier molecular flexibility index (Phi) is 6.37. The minimum atomic E-state index is -3.43. The van der Waals surface area contributed by atoms with Crippen LogP contribution in [0.1, 0.15) is 19.4 Å². The number of sulfone groups is 1. The fourth-order valence-corrected chi connectivity index (χ4v) is 4.37. The minimum Gasteiger partial charge on any atom is -0.403 e. The topological polar surface area (TPSA) is 102 Å². The van der Waals surface area contributed by atoms with Gasteiger partial charge in [-0.25, -0.2) is 8.42 Å².